The minimum absolute atomic E-state index is 0.0241. The first-order valence-corrected chi connectivity index (χ1v) is 10.6. The van der Waals surface area contributed by atoms with Crippen LogP contribution in [0.15, 0.2) is 24.5 Å². The number of nitrogens with zero attached hydrogens (tertiary/aromatic N) is 6. The van der Waals surface area contributed by atoms with Gasteiger partial charge in [0.1, 0.15) is 24.7 Å². The van der Waals surface area contributed by atoms with E-state index in [2.05, 4.69) is 27.8 Å². The number of carbonyl (C=O) groups excluding carboxylic acids is 2. The van der Waals surface area contributed by atoms with Gasteiger partial charge in [0, 0.05) is 30.3 Å². The first-order valence-electron chi connectivity index (χ1n) is 10.6. The molecule has 2 aromatic rings. The van der Waals surface area contributed by atoms with Gasteiger partial charge in [0.15, 0.2) is 0 Å². The number of fused-ring (bicyclic) bond motifs is 1. The first-order chi connectivity index (χ1) is 15.3. The normalized spacial score (nSPS) is 20.1. The molecule has 0 aliphatic carbocycles. The van der Waals surface area contributed by atoms with Crippen LogP contribution in [0.25, 0.3) is 0 Å². The van der Waals surface area contributed by atoms with Gasteiger partial charge in [-0.3, -0.25) is 9.59 Å². The zero-order chi connectivity index (χ0) is 23.3. The third-order valence-electron chi connectivity index (χ3n) is 5.44. The molecule has 2 heterocycles. The lowest BCUT2D eigenvalue weighted by Gasteiger charge is -2.33. The highest BCUT2D eigenvalue weighted by Crippen LogP contribution is 2.29. The number of ether oxygens (including phenoxy) is 1. The Labute approximate surface area is 187 Å². The van der Waals surface area contributed by atoms with Gasteiger partial charge in [-0.25, -0.2) is 4.68 Å². The summed E-state index contributed by atoms with van der Waals surface area (Å²) in [6, 6.07) is 5.00. The Kier molecular flexibility index (Phi) is 7.75. The highest BCUT2D eigenvalue weighted by Gasteiger charge is 2.30. The molecule has 1 aromatic heterocycles. The van der Waals surface area contributed by atoms with E-state index in [-0.39, 0.29) is 49.5 Å². The van der Waals surface area contributed by atoms with Crippen molar-refractivity contribution in [1.82, 2.24) is 30.0 Å². The summed E-state index contributed by atoms with van der Waals surface area (Å²) in [5.41, 5.74) is 1.24. The second-order valence-corrected chi connectivity index (χ2v) is 8.53. The summed E-state index contributed by atoms with van der Waals surface area (Å²) in [6.45, 7) is 4.92. The number of aliphatic hydroxyl groups excluding tert-OH is 1. The molecule has 0 saturated carbocycles. The number of aromatic nitrogens is 4. The number of likely N-dealkylation sites (N-methyl/N-ethyl adjacent to an activating group) is 1. The van der Waals surface area contributed by atoms with Crippen molar-refractivity contribution in [3.63, 3.8) is 0 Å². The van der Waals surface area contributed by atoms with Crippen LogP contribution in [-0.4, -0.2) is 92.9 Å². The number of anilines is 1. The minimum atomic E-state index is -0.300. The molecule has 11 heteroatoms. The van der Waals surface area contributed by atoms with E-state index >= 15 is 0 Å². The number of nitrogens with one attached hydrogen (secondary N) is 1. The predicted octanol–water partition coefficient (Wildman–Crippen LogP) is 0.0224. The average Bonchev–Trinajstić information content (AvgIpc) is 3.25. The Morgan fingerprint density at radius 1 is 1.41 bits per heavy atom. The average molecular weight is 446 g/mol. The van der Waals surface area contributed by atoms with Gasteiger partial charge in [-0.2, -0.15) is 0 Å². The molecule has 1 aliphatic rings. The third kappa shape index (κ3) is 6.01. The van der Waals surface area contributed by atoms with Crippen LogP contribution in [0.4, 0.5) is 5.69 Å². The Morgan fingerprint density at radius 3 is 2.84 bits per heavy atom. The number of rotatable bonds is 7. The Hall–Kier alpha value is -3.05. The number of aliphatic hydroxyl groups is 1. The van der Waals surface area contributed by atoms with E-state index in [1.165, 1.54) is 11.0 Å². The van der Waals surface area contributed by atoms with Gasteiger partial charge in [-0.05, 0) is 49.6 Å². The summed E-state index contributed by atoms with van der Waals surface area (Å²) in [7, 11) is 3.96. The zero-order valence-corrected chi connectivity index (χ0v) is 18.9. The lowest BCUT2D eigenvalue weighted by molar-refractivity contribution is -0.134. The van der Waals surface area contributed by atoms with Crippen molar-refractivity contribution in [1.29, 1.82) is 0 Å². The molecule has 0 fully saturated rings. The van der Waals surface area contributed by atoms with Crippen molar-refractivity contribution in [2.75, 3.05) is 39.1 Å². The zero-order valence-electron chi connectivity index (χ0n) is 18.9. The molecule has 0 saturated heterocycles. The van der Waals surface area contributed by atoms with E-state index in [4.69, 9.17) is 4.74 Å². The van der Waals surface area contributed by atoms with Gasteiger partial charge >= 0.3 is 0 Å². The second-order valence-electron chi connectivity index (χ2n) is 8.53. The fourth-order valence-electron chi connectivity index (χ4n) is 3.69. The van der Waals surface area contributed by atoms with Crippen LogP contribution in [0.3, 0.4) is 0 Å². The van der Waals surface area contributed by atoms with Crippen molar-refractivity contribution in [3.05, 3.63) is 30.1 Å². The lowest BCUT2D eigenvalue weighted by Crippen LogP contribution is -2.47. The van der Waals surface area contributed by atoms with Gasteiger partial charge in [0.2, 0.25) is 11.8 Å². The van der Waals surface area contributed by atoms with Crippen LogP contribution in [0.2, 0.25) is 0 Å². The largest absolute Gasteiger partial charge is 0.488 e. The number of hydrogen-bond donors (Lipinski definition) is 2. The van der Waals surface area contributed by atoms with Gasteiger partial charge < -0.3 is 25.0 Å². The maximum absolute atomic E-state index is 13.1. The maximum Gasteiger partial charge on any atom is 0.246 e. The van der Waals surface area contributed by atoms with E-state index in [1.54, 1.807) is 23.1 Å². The molecule has 2 amide bonds. The molecule has 32 heavy (non-hydrogen) atoms. The number of tetrazole rings is 1. The Bertz CT molecular complexity index is 919. The summed E-state index contributed by atoms with van der Waals surface area (Å²) in [5.74, 6) is 0.291. The van der Waals surface area contributed by atoms with Crippen LogP contribution in [0.5, 0.6) is 5.75 Å². The molecular formula is C21H31N7O4. The molecular weight excluding hydrogens is 414 g/mol. The van der Waals surface area contributed by atoms with Gasteiger partial charge in [0.05, 0.1) is 19.1 Å². The molecule has 0 bridgehead atoms. The molecule has 1 aromatic carbocycles. The summed E-state index contributed by atoms with van der Waals surface area (Å²) in [4.78, 5) is 29.2. The number of carbonyl (C=O) groups is 2. The van der Waals surface area contributed by atoms with Crippen LogP contribution < -0.4 is 10.1 Å². The predicted molar refractivity (Wildman–Crippen MR) is 117 cm³/mol. The quantitative estimate of drug-likeness (QED) is 0.611. The van der Waals surface area contributed by atoms with E-state index < -0.39 is 0 Å². The maximum atomic E-state index is 13.1. The number of benzene rings is 1. The molecule has 2 N–H and O–H groups in total. The summed E-state index contributed by atoms with van der Waals surface area (Å²) in [5, 5.41) is 23.2. The molecule has 3 atom stereocenters. The van der Waals surface area contributed by atoms with Crippen LogP contribution in [0, 0.1) is 5.92 Å². The molecule has 0 spiro atoms. The van der Waals surface area contributed by atoms with Gasteiger partial charge in [0.25, 0.3) is 0 Å². The fraction of sp³-hybridized carbons (Fsp3) is 0.571. The standard InChI is InChI=1S/C21H31N7O4/c1-14-9-28(15(2)12-29)21(31)8-16-7-17(23-20(30)11-27-13-22-24-25-27)5-6-18(16)32-19(14)10-26(3)4/h5-7,13-15,19,29H,8-12H2,1-4H3,(H,23,30)/t14-,15-,19-/m0/s1. The summed E-state index contributed by atoms with van der Waals surface area (Å²) >= 11 is 0. The molecule has 1 aliphatic heterocycles. The first kappa shape index (κ1) is 23.6. The van der Waals surface area contributed by atoms with Crippen LogP contribution in [0.1, 0.15) is 19.4 Å². The molecule has 0 radical (unpaired) electrons. The van der Waals surface area contributed by atoms with E-state index in [1.807, 2.05) is 25.9 Å². The molecule has 0 unspecified atom stereocenters. The monoisotopic (exact) mass is 445 g/mol. The molecule has 11 nitrogen and oxygen atoms in total. The highest BCUT2D eigenvalue weighted by molar-refractivity contribution is 5.91. The SMILES string of the molecule is C[C@H]1CN([C@@H](C)CO)C(=O)Cc2cc(NC(=O)Cn3cnnn3)ccc2O[C@H]1CN(C)C. The second kappa shape index (κ2) is 10.5. The van der Waals surface area contributed by atoms with Crippen molar-refractivity contribution < 1.29 is 19.4 Å². The lowest BCUT2D eigenvalue weighted by atomic mass is 10.0. The van der Waals surface area contributed by atoms with Crippen molar-refractivity contribution in [2.24, 2.45) is 5.92 Å². The van der Waals surface area contributed by atoms with E-state index in [9.17, 15) is 14.7 Å². The van der Waals surface area contributed by atoms with Gasteiger partial charge in [-0.15, -0.1) is 5.10 Å². The van der Waals surface area contributed by atoms with Crippen molar-refractivity contribution >= 4 is 17.5 Å². The van der Waals surface area contributed by atoms with E-state index in [0.717, 1.165) is 0 Å². The Morgan fingerprint density at radius 2 is 2.19 bits per heavy atom. The fourth-order valence-corrected chi connectivity index (χ4v) is 3.69. The molecule has 3 rings (SSSR count). The van der Waals surface area contributed by atoms with Crippen LogP contribution >= 0.6 is 0 Å². The number of hydrogen-bond acceptors (Lipinski definition) is 8. The van der Waals surface area contributed by atoms with Gasteiger partial charge in [-0.1, -0.05) is 6.92 Å². The van der Waals surface area contributed by atoms with Crippen molar-refractivity contribution in [2.45, 2.75) is 39.0 Å². The minimum Gasteiger partial charge on any atom is -0.488 e. The van der Waals surface area contributed by atoms with Crippen LogP contribution in [-0.2, 0) is 22.6 Å². The third-order valence-corrected chi connectivity index (χ3v) is 5.44. The number of amides is 2. The van der Waals surface area contributed by atoms with Crippen molar-refractivity contribution in [3.8, 4) is 5.75 Å². The smallest absolute Gasteiger partial charge is 0.246 e. The summed E-state index contributed by atoms with van der Waals surface area (Å²) < 4.78 is 7.69. The van der Waals surface area contributed by atoms with E-state index in [0.29, 0.717) is 30.1 Å². The summed E-state index contributed by atoms with van der Waals surface area (Å²) in [6.07, 6.45) is 1.32. The molecule has 174 valence electrons. The highest BCUT2D eigenvalue weighted by atomic mass is 16.5. The topological polar surface area (TPSA) is 126 Å². The Balaban J connectivity index is 1.87.